The lowest BCUT2D eigenvalue weighted by Crippen LogP contribution is -2.33. The summed E-state index contributed by atoms with van der Waals surface area (Å²) < 4.78 is 28.6. The van der Waals surface area contributed by atoms with Gasteiger partial charge in [-0.1, -0.05) is 24.3 Å². The maximum absolute atomic E-state index is 13.0. The Kier molecular flexibility index (Phi) is 6.00. The Bertz CT molecular complexity index is 1170. The third-order valence-corrected chi connectivity index (χ3v) is 6.29. The number of hydrogen-bond acceptors (Lipinski definition) is 5. The van der Waals surface area contributed by atoms with Gasteiger partial charge in [0.05, 0.1) is 16.9 Å². The molecular weight excluding hydrogens is 402 g/mol. The minimum Gasteiger partial charge on any atom is -0.395 e. The number of sulfonamides is 1. The third kappa shape index (κ3) is 4.39. The molecule has 8 heteroatoms. The molecule has 0 aliphatic rings. The molecule has 0 aliphatic heterocycles. The smallest absolute Gasteiger partial charge is 0.262 e. The van der Waals surface area contributed by atoms with Gasteiger partial charge in [-0.3, -0.25) is 9.52 Å². The standard InChI is InChI=1S/C22H25N3O4S/c1-22(2,14-26)21(27)24-15-10-12-16(13-11-15)25-30(28,29)20-9-5-6-17-18(20)7-4-8-19(17)23-3/h4-13,23,25-26H,14H2,1-3H3,(H,24,27). The predicted molar refractivity (Wildman–Crippen MR) is 120 cm³/mol. The van der Waals surface area contributed by atoms with E-state index in [-0.39, 0.29) is 17.4 Å². The van der Waals surface area contributed by atoms with Gasteiger partial charge in [0.15, 0.2) is 0 Å². The minimum absolute atomic E-state index is 0.180. The second kappa shape index (κ2) is 8.33. The lowest BCUT2D eigenvalue weighted by molar-refractivity contribution is -0.125. The van der Waals surface area contributed by atoms with E-state index >= 15 is 0 Å². The predicted octanol–water partition coefficient (Wildman–Crippen LogP) is 3.64. The SMILES string of the molecule is CNc1cccc2c(S(=O)(=O)Nc3ccc(NC(=O)C(C)(C)CO)cc3)cccc12. The van der Waals surface area contributed by atoms with Gasteiger partial charge in [-0.05, 0) is 50.2 Å². The van der Waals surface area contributed by atoms with E-state index in [1.165, 1.54) is 0 Å². The molecule has 3 aromatic carbocycles. The van der Waals surface area contributed by atoms with Gasteiger partial charge in [0.25, 0.3) is 10.0 Å². The van der Waals surface area contributed by atoms with Crippen molar-refractivity contribution < 1.29 is 18.3 Å². The normalized spacial score (nSPS) is 11.9. The van der Waals surface area contributed by atoms with Gasteiger partial charge in [0.2, 0.25) is 5.91 Å². The second-order valence-corrected chi connectivity index (χ2v) is 9.24. The lowest BCUT2D eigenvalue weighted by atomic mass is 9.93. The van der Waals surface area contributed by atoms with Crippen molar-refractivity contribution in [3.8, 4) is 0 Å². The number of fused-ring (bicyclic) bond motifs is 1. The molecule has 3 rings (SSSR count). The van der Waals surface area contributed by atoms with Crippen LogP contribution in [-0.2, 0) is 14.8 Å². The molecule has 0 unspecified atom stereocenters. The van der Waals surface area contributed by atoms with Gasteiger partial charge in [-0.15, -0.1) is 0 Å². The van der Waals surface area contributed by atoms with E-state index < -0.39 is 15.4 Å². The fourth-order valence-electron chi connectivity index (χ4n) is 2.94. The Hall–Kier alpha value is -3.10. The molecule has 0 bridgehead atoms. The number of hydrogen-bond donors (Lipinski definition) is 4. The number of nitrogens with one attached hydrogen (secondary N) is 3. The summed E-state index contributed by atoms with van der Waals surface area (Å²) in [4.78, 5) is 12.3. The summed E-state index contributed by atoms with van der Waals surface area (Å²) >= 11 is 0. The number of carbonyl (C=O) groups excluding carboxylic acids is 1. The molecular formula is C22H25N3O4S. The zero-order valence-corrected chi connectivity index (χ0v) is 17.9. The number of amides is 1. The highest BCUT2D eigenvalue weighted by Gasteiger charge is 2.26. The summed E-state index contributed by atoms with van der Waals surface area (Å²) in [5, 5.41) is 16.5. The first kappa shape index (κ1) is 21.6. The van der Waals surface area contributed by atoms with Crippen LogP contribution >= 0.6 is 0 Å². The zero-order chi connectivity index (χ0) is 21.9. The maximum Gasteiger partial charge on any atom is 0.262 e. The molecule has 0 saturated heterocycles. The first-order chi connectivity index (χ1) is 14.2. The topological polar surface area (TPSA) is 108 Å². The van der Waals surface area contributed by atoms with E-state index in [1.807, 2.05) is 12.1 Å². The summed E-state index contributed by atoms with van der Waals surface area (Å²) in [6.45, 7) is 2.99. The van der Waals surface area contributed by atoms with Crippen molar-refractivity contribution in [1.82, 2.24) is 0 Å². The summed E-state index contributed by atoms with van der Waals surface area (Å²) in [5.41, 5.74) is 0.806. The Morgan fingerprint density at radius 3 is 2.17 bits per heavy atom. The Morgan fingerprint density at radius 2 is 1.53 bits per heavy atom. The molecule has 0 aliphatic carbocycles. The van der Waals surface area contributed by atoms with Crippen molar-refractivity contribution in [2.24, 2.45) is 5.41 Å². The quantitative estimate of drug-likeness (QED) is 0.460. The average Bonchev–Trinajstić information content (AvgIpc) is 2.73. The van der Waals surface area contributed by atoms with E-state index in [2.05, 4.69) is 15.4 Å². The van der Waals surface area contributed by atoms with Crippen LogP contribution in [0.15, 0.2) is 65.6 Å². The maximum atomic E-state index is 13.0. The van der Waals surface area contributed by atoms with Crippen molar-refractivity contribution in [2.75, 3.05) is 29.0 Å². The molecule has 0 saturated carbocycles. The first-order valence-corrected chi connectivity index (χ1v) is 10.9. The van der Waals surface area contributed by atoms with E-state index in [9.17, 15) is 18.3 Å². The number of benzene rings is 3. The molecule has 158 valence electrons. The summed E-state index contributed by atoms with van der Waals surface area (Å²) in [6, 6.07) is 17.0. The van der Waals surface area contributed by atoms with E-state index in [0.29, 0.717) is 16.8 Å². The number of carbonyl (C=O) groups is 1. The minimum atomic E-state index is -3.83. The van der Waals surface area contributed by atoms with Gasteiger partial charge in [-0.25, -0.2) is 8.42 Å². The van der Waals surface area contributed by atoms with Crippen molar-refractivity contribution >= 4 is 43.8 Å². The summed E-state index contributed by atoms with van der Waals surface area (Å²) in [6.07, 6.45) is 0. The summed E-state index contributed by atoms with van der Waals surface area (Å²) in [5.74, 6) is -0.325. The monoisotopic (exact) mass is 427 g/mol. The van der Waals surface area contributed by atoms with Crippen molar-refractivity contribution in [1.29, 1.82) is 0 Å². The van der Waals surface area contributed by atoms with Crippen LogP contribution in [0.25, 0.3) is 10.8 Å². The molecule has 0 radical (unpaired) electrons. The number of aliphatic hydroxyl groups is 1. The highest BCUT2D eigenvalue weighted by atomic mass is 32.2. The second-order valence-electron chi connectivity index (χ2n) is 7.59. The fraction of sp³-hybridized carbons (Fsp3) is 0.227. The van der Waals surface area contributed by atoms with Gasteiger partial charge in [-0.2, -0.15) is 0 Å². The van der Waals surface area contributed by atoms with E-state index in [1.54, 1.807) is 69.4 Å². The molecule has 3 aromatic rings. The molecule has 0 spiro atoms. The Morgan fingerprint density at radius 1 is 0.933 bits per heavy atom. The molecule has 30 heavy (non-hydrogen) atoms. The lowest BCUT2D eigenvalue weighted by Gasteiger charge is -2.20. The molecule has 0 heterocycles. The van der Waals surface area contributed by atoms with Gasteiger partial charge < -0.3 is 15.7 Å². The van der Waals surface area contributed by atoms with Crippen LogP contribution in [0.2, 0.25) is 0 Å². The van der Waals surface area contributed by atoms with Crippen LogP contribution in [0.3, 0.4) is 0 Å². The van der Waals surface area contributed by atoms with Crippen molar-refractivity contribution in [3.05, 3.63) is 60.7 Å². The van der Waals surface area contributed by atoms with Gasteiger partial charge in [0.1, 0.15) is 0 Å². The molecule has 0 fully saturated rings. The zero-order valence-electron chi connectivity index (χ0n) is 17.1. The molecule has 0 aromatic heterocycles. The van der Waals surface area contributed by atoms with Crippen LogP contribution in [0.4, 0.5) is 17.1 Å². The molecule has 7 nitrogen and oxygen atoms in total. The fourth-order valence-corrected chi connectivity index (χ4v) is 4.22. The Balaban J connectivity index is 1.85. The van der Waals surface area contributed by atoms with Gasteiger partial charge >= 0.3 is 0 Å². The van der Waals surface area contributed by atoms with E-state index in [0.717, 1.165) is 11.1 Å². The summed E-state index contributed by atoms with van der Waals surface area (Å²) in [7, 11) is -2.04. The van der Waals surface area contributed by atoms with Crippen LogP contribution < -0.4 is 15.4 Å². The van der Waals surface area contributed by atoms with Crippen LogP contribution in [0.1, 0.15) is 13.8 Å². The third-order valence-electron chi connectivity index (χ3n) is 4.85. The van der Waals surface area contributed by atoms with Crippen molar-refractivity contribution in [2.45, 2.75) is 18.7 Å². The molecule has 0 atom stereocenters. The highest BCUT2D eigenvalue weighted by molar-refractivity contribution is 7.93. The first-order valence-electron chi connectivity index (χ1n) is 9.42. The highest BCUT2D eigenvalue weighted by Crippen LogP contribution is 2.30. The largest absolute Gasteiger partial charge is 0.395 e. The Labute approximate surface area is 176 Å². The number of anilines is 3. The van der Waals surface area contributed by atoms with Crippen molar-refractivity contribution in [3.63, 3.8) is 0 Å². The van der Waals surface area contributed by atoms with Crippen LogP contribution in [0, 0.1) is 5.41 Å². The van der Waals surface area contributed by atoms with Crippen LogP contribution in [0.5, 0.6) is 0 Å². The number of rotatable bonds is 7. The van der Waals surface area contributed by atoms with Crippen LogP contribution in [-0.4, -0.2) is 33.1 Å². The van der Waals surface area contributed by atoms with E-state index in [4.69, 9.17) is 0 Å². The van der Waals surface area contributed by atoms with Gasteiger partial charge in [0, 0.05) is 34.9 Å². The number of aliphatic hydroxyl groups excluding tert-OH is 1. The molecule has 1 amide bonds. The average molecular weight is 428 g/mol. The molecule has 4 N–H and O–H groups in total.